The molecule has 0 spiro atoms. The third-order valence-electron chi connectivity index (χ3n) is 2.63. The Hall–Kier alpha value is 0.154. The van der Waals surface area contributed by atoms with E-state index in [0.717, 1.165) is 6.42 Å². The zero-order chi connectivity index (χ0) is 9.97. The number of hydrogen-bond donors (Lipinski definition) is 0. The molecule has 0 aromatic heterocycles. The summed E-state index contributed by atoms with van der Waals surface area (Å²) in [7, 11) is 0. The number of rotatable bonds is 2. The summed E-state index contributed by atoms with van der Waals surface area (Å²) >= 11 is 0. The Kier molecular flexibility index (Phi) is 14.2. The van der Waals surface area contributed by atoms with Gasteiger partial charge in [-0.2, -0.15) is 17.7 Å². The average molecular weight is 338 g/mol. The molecule has 4 heteroatoms. The molecule has 0 atom stereocenters. The van der Waals surface area contributed by atoms with E-state index in [-0.39, 0.29) is 58.9 Å². The van der Waals surface area contributed by atoms with E-state index in [0.29, 0.717) is 0 Å². The van der Waals surface area contributed by atoms with E-state index in [2.05, 4.69) is 56.3 Å². The van der Waals surface area contributed by atoms with Crippen LogP contribution in [0.2, 0.25) is 0 Å². The van der Waals surface area contributed by atoms with E-state index in [1.54, 1.807) is 0 Å². The molecule has 0 heterocycles. The molecule has 2 aromatic carbocycles. The minimum Gasteiger partial charge on any atom is -1.00 e. The summed E-state index contributed by atoms with van der Waals surface area (Å²) in [5, 5.41) is 0. The maximum atomic E-state index is 2.28. The largest absolute Gasteiger partial charge is 4.00 e. The van der Waals surface area contributed by atoms with Crippen molar-refractivity contribution in [2.75, 3.05) is 0 Å². The van der Waals surface area contributed by atoms with Crippen LogP contribution in [0.15, 0.2) is 42.5 Å². The van der Waals surface area contributed by atoms with Gasteiger partial charge in [0.25, 0.3) is 0 Å². The molecule has 0 unspecified atom stereocenters. The van der Waals surface area contributed by atoms with Crippen LogP contribution in [0.3, 0.4) is 0 Å². The topological polar surface area (TPSA) is 0 Å². The molecule has 0 aliphatic carbocycles. The first-order chi connectivity index (χ1) is 6.75. The number of hydrogen-bond acceptors (Lipinski definition) is 0. The summed E-state index contributed by atoms with van der Waals surface area (Å²) in [6, 6.07) is 15.2. The molecule has 0 saturated heterocycles. The Morgan fingerprint density at radius 3 is 2.06 bits per heavy atom. The molecule has 0 nitrogen and oxygen atoms in total. The van der Waals surface area contributed by atoms with Crippen molar-refractivity contribution in [3.63, 3.8) is 0 Å². The van der Waals surface area contributed by atoms with Gasteiger partial charge in [-0.1, -0.05) is 29.3 Å². The SMILES string of the molecule is Cc1ccc(C)c(C[c-]2cccc2)c1.[Cl-].[Cl-].[Cl-].[Ti+4]. The first-order valence-electron chi connectivity index (χ1n) is 5.02. The molecule has 0 radical (unpaired) electrons. The van der Waals surface area contributed by atoms with Gasteiger partial charge in [0.2, 0.25) is 0 Å². The van der Waals surface area contributed by atoms with Crippen molar-refractivity contribution in [3.05, 3.63) is 64.7 Å². The summed E-state index contributed by atoms with van der Waals surface area (Å²) in [5.74, 6) is 0. The first kappa shape index (κ1) is 23.3. The quantitative estimate of drug-likeness (QED) is 0.379. The van der Waals surface area contributed by atoms with Gasteiger partial charge < -0.3 is 37.2 Å². The molecule has 0 amide bonds. The predicted molar refractivity (Wildman–Crippen MR) is 60.8 cm³/mol. The minimum atomic E-state index is 0. The van der Waals surface area contributed by atoms with Crippen LogP contribution in [0.5, 0.6) is 0 Å². The Balaban J connectivity index is -0.000000562. The van der Waals surface area contributed by atoms with Crippen LogP contribution in [0.4, 0.5) is 0 Å². The Morgan fingerprint density at radius 1 is 0.944 bits per heavy atom. The van der Waals surface area contributed by atoms with Gasteiger partial charge in [0.1, 0.15) is 0 Å². The Labute approximate surface area is 143 Å². The summed E-state index contributed by atoms with van der Waals surface area (Å²) in [4.78, 5) is 0. The van der Waals surface area contributed by atoms with Gasteiger partial charge in [-0.3, -0.25) is 0 Å². The van der Waals surface area contributed by atoms with Gasteiger partial charge in [-0.25, -0.2) is 12.1 Å². The summed E-state index contributed by atoms with van der Waals surface area (Å²) in [6.45, 7) is 4.33. The maximum absolute atomic E-state index is 2.28. The van der Waals surface area contributed by atoms with Crippen LogP contribution in [-0.2, 0) is 28.1 Å². The van der Waals surface area contributed by atoms with E-state index in [9.17, 15) is 0 Å². The van der Waals surface area contributed by atoms with Crippen LogP contribution in [0.1, 0.15) is 22.3 Å². The maximum Gasteiger partial charge on any atom is 4.00 e. The fourth-order valence-electron chi connectivity index (χ4n) is 1.74. The zero-order valence-electron chi connectivity index (χ0n) is 10.4. The summed E-state index contributed by atoms with van der Waals surface area (Å²) in [6.07, 6.45) is 1.06. The molecule has 0 saturated carbocycles. The molecule has 18 heavy (non-hydrogen) atoms. The van der Waals surface area contributed by atoms with Crippen LogP contribution >= 0.6 is 0 Å². The van der Waals surface area contributed by atoms with Crippen molar-refractivity contribution < 1.29 is 58.9 Å². The van der Waals surface area contributed by atoms with Crippen LogP contribution in [0.25, 0.3) is 0 Å². The van der Waals surface area contributed by atoms with Crippen LogP contribution in [0, 0.1) is 13.8 Å². The second-order valence-electron chi connectivity index (χ2n) is 3.90. The zero-order valence-corrected chi connectivity index (χ0v) is 14.2. The number of halogens is 3. The van der Waals surface area contributed by atoms with E-state index < -0.39 is 0 Å². The normalized spacial score (nSPS) is 8.11. The van der Waals surface area contributed by atoms with Gasteiger partial charge in [0, 0.05) is 0 Å². The monoisotopic (exact) mass is 336 g/mol. The molecule has 0 bridgehead atoms. The van der Waals surface area contributed by atoms with Gasteiger partial charge in [0.15, 0.2) is 0 Å². The molecule has 0 aliphatic heterocycles. The van der Waals surface area contributed by atoms with E-state index in [1.807, 2.05) is 0 Å². The van der Waals surface area contributed by atoms with Crippen molar-refractivity contribution in [1.82, 2.24) is 0 Å². The average Bonchev–Trinajstić information content (AvgIpc) is 2.64. The van der Waals surface area contributed by atoms with E-state index in [1.165, 1.54) is 22.3 Å². The molecular formula is C14H15Cl3Ti. The van der Waals surface area contributed by atoms with Gasteiger partial charge in [-0.15, -0.1) is 0 Å². The number of aryl methyl sites for hydroxylation is 2. The molecule has 96 valence electrons. The Bertz CT molecular complexity index is 425. The second kappa shape index (κ2) is 11.0. The summed E-state index contributed by atoms with van der Waals surface area (Å²) < 4.78 is 0. The van der Waals surface area contributed by atoms with Crippen molar-refractivity contribution >= 4 is 0 Å². The first-order valence-corrected chi connectivity index (χ1v) is 5.02. The predicted octanol–water partition coefficient (Wildman–Crippen LogP) is -5.38. The number of benzene rings is 1. The van der Waals surface area contributed by atoms with Crippen LogP contribution < -0.4 is 37.2 Å². The third kappa shape index (κ3) is 6.36. The van der Waals surface area contributed by atoms with E-state index in [4.69, 9.17) is 0 Å². The van der Waals surface area contributed by atoms with E-state index >= 15 is 0 Å². The van der Waals surface area contributed by atoms with Crippen molar-refractivity contribution in [1.29, 1.82) is 0 Å². The third-order valence-corrected chi connectivity index (χ3v) is 2.63. The van der Waals surface area contributed by atoms with Crippen molar-refractivity contribution in [3.8, 4) is 0 Å². The molecular weight excluding hydrogens is 322 g/mol. The molecule has 2 rings (SSSR count). The van der Waals surface area contributed by atoms with Gasteiger partial charge in [-0.05, 0) is 25.8 Å². The fraction of sp³-hybridized carbons (Fsp3) is 0.214. The van der Waals surface area contributed by atoms with Crippen molar-refractivity contribution in [2.45, 2.75) is 20.3 Å². The smallest absolute Gasteiger partial charge is 1.00 e. The van der Waals surface area contributed by atoms with Gasteiger partial charge >= 0.3 is 21.7 Å². The molecule has 2 aromatic rings. The van der Waals surface area contributed by atoms with Crippen LogP contribution in [-0.4, -0.2) is 0 Å². The second-order valence-corrected chi connectivity index (χ2v) is 3.90. The molecule has 0 N–H and O–H groups in total. The Morgan fingerprint density at radius 2 is 1.50 bits per heavy atom. The van der Waals surface area contributed by atoms with Crippen molar-refractivity contribution in [2.24, 2.45) is 0 Å². The standard InChI is InChI=1S/C14H15.3ClH.Ti/c1-11-7-8-12(2)14(9-11)10-13-5-3-4-6-13;;;;/h3-9H,10H2,1-2H3;3*1H;/q-1;;;;+4/p-3. The molecule has 0 fully saturated rings. The van der Waals surface area contributed by atoms with Gasteiger partial charge in [0.05, 0.1) is 0 Å². The fourth-order valence-corrected chi connectivity index (χ4v) is 1.74. The summed E-state index contributed by atoms with van der Waals surface area (Å²) in [5.41, 5.74) is 5.57. The molecule has 0 aliphatic rings. The minimum absolute atomic E-state index is 0.